The van der Waals surface area contributed by atoms with Crippen molar-refractivity contribution in [2.45, 2.75) is 39.5 Å². The van der Waals surface area contributed by atoms with Gasteiger partial charge in [0, 0.05) is 13.1 Å². The van der Waals surface area contributed by atoms with Crippen LogP contribution in [0.15, 0.2) is 0 Å². The summed E-state index contributed by atoms with van der Waals surface area (Å²) in [5.74, 6) is 0. The summed E-state index contributed by atoms with van der Waals surface area (Å²) in [5, 5.41) is 1.14. The number of hydrogen-bond donors (Lipinski definition) is 0. The third-order valence-electron chi connectivity index (χ3n) is 2.20. The Labute approximate surface area is 104 Å². The average Bonchev–Trinajstić information content (AvgIpc) is 2.23. The van der Waals surface area contributed by atoms with Crippen molar-refractivity contribution >= 4 is 23.9 Å². The maximum Gasteiger partial charge on any atom is 0.0686 e. The predicted molar refractivity (Wildman–Crippen MR) is 75.1 cm³/mol. The van der Waals surface area contributed by atoms with Gasteiger partial charge in [0.15, 0.2) is 0 Å². The van der Waals surface area contributed by atoms with E-state index >= 15 is 0 Å². The largest absolute Gasteiger partial charge is 0.253 e. The molecule has 0 bridgehead atoms. The van der Waals surface area contributed by atoms with Crippen LogP contribution in [-0.2, 0) is 0 Å². The fourth-order valence-corrected chi connectivity index (χ4v) is 3.24. The molecule has 4 heteroatoms. The molecule has 0 aliphatic rings. The maximum absolute atomic E-state index is 2.35. The first kappa shape index (κ1) is 15.6. The summed E-state index contributed by atoms with van der Waals surface area (Å²) in [5.41, 5.74) is 0. The molecule has 0 rings (SSSR count). The Morgan fingerprint density at radius 2 is 1.20 bits per heavy atom. The molecule has 0 saturated heterocycles. The first-order valence-electron chi connectivity index (χ1n) is 5.88. The second-order valence-electron chi connectivity index (χ2n) is 3.79. The molecular formula is C11H26N2S2. The molecule has 0 radical (unpaired) electrons. The predicted octanol–water partition coefficient (Wildman–Crippen LogP) is 3.70. The van der Waals surface area contributed by atoms with E-state index in [1.165, 1.54) is 38.8 Å². The van der Waals surface area contributed by atoms with Crippen LogP contribution in [0.4, 0.5) is 0 Å². The Bertz CT molecular complexity index is 120. The highest BCUT2D eigenvalue weighted by atomic mass is 32.2. The fraction of sp³-hybridized carbons (Fsp3) is 1.00. The Hall–Kier alpha value is 0.620. The third-order valence-corrected chi connectivity index (χ3v) is 4.29. The van der Waals surface area contributed by atoms with Crippen molar-refractivity contribution in [3.8, 4) is 0 Å². The van der Waals surface area contributed by atoms with Gasteiger partial charge in [-0.05, 0) is 26.9 Å². The Kier molecular flexibility index (Phi) is 11.6. The summed E-state index contributed by atoms with van der Waals surface area (Å²) in [6, 6.07) is 0. The van der Waals surface area contributed by atoms with Gasteiger partial charge in [0.2, 0.25) is 0 Å². The number of hydrogen-bond acceptors (Lipinski definition) is 4. The highest BCUT2D eigenvalue weighted by molar-refractivity contribution is 8.13. The van der Waals surface area contributed by atoms with Crippen LogP contribution in [-0.4, -0.2) is 40.9 Å². The molecule has 0 aliphatic carbocycles. The Morgan fingerprint density at radius 1 is 0.800 bits per heavy atom. The summed E-state index contributed by atoms with van der Waals surface area (Å²) in [4.78, 5) is 0. The standard InChI is InChI=1S/C11H26N2S2/c1-5-7-9-12(3)14-11-15-13(4)10-8-6-2/h5-11H2,1-4H3. The number of nitrogens with zero attached hydrogens (tertiary/aromatic N) is 2. The molecule has 92 valence electrons. The van der Waals surface area contributed by atoms with Crippen LogP contribution < -0.4 is 0 Å². The first-order chi connectivity index (χ1) is 7.20. The van der Waals surface area contributed by atoms with Gasteiger partial charge in [-0.25, -0.2) is 0 Å². The molecule has 0 N–H and O–H groups in total. The van der Waals surface area contributed by atoms with E-state index in [2.05, 4.69) is 36.6 Å². The van der Waals surface area contributed by atoms with Crippen molar-refractivity contribution in [2.75, 3.05) is 32.3 Å². The zero-order valence-corrected chi connectivity index (χ0v) is 12.3. The average molecular weight is 250 g/mol. The lowest BCUT2D eigenvalue weighted by Crippen LogP contribution is -2.14. The molecule has 0 heterocycles. The van der Waals surface area contributed by atoms with E-state index in [1.54, 1.807) is 0 Å². The minimum Gasteiger partial charge on any atom is -0.253 e. The normalized spacial score (nSPS) is 11.6. The van der Waals surface area contributed by atoms with Crippen molar-refractivity contribution in [2.24, 2.45) is 0 Å². The van der Waals surface area contributed by atoms with E-state index in [4.69, 9.17) is 0 Å². The van der Waals surface area contributed by atoms with Gasteiger partial charge < -0.3 is 0 Å². The van der Waals surface area contributed by atoms with E-state index in [-0.39, 0.29) is 0 Å². The van der Waals surface area contributed by atoms with Crippen molar-refractivity contribution in [3.05, 3.63) is 0 Å². The van der Waals surface area contributed by atoms with E-state index in [1.807, 2.05) is 23.9 Å². The molecule has 0 unspecified atom stereocenters. The van der Waals surface area contributed by atoms with Crippen LogP contribution in [0.1, 0.15) is 39.5 Å². The quantitative estimate of drug-likeness (QED) is 0.430. The van der Waals surface area contributed by atoms with Crippen molar-refractivity contribution in [3.63, 3.8) is 0 Å². The highest BCUT2D eigenvalue weighted by Crippen LogP contribution is 2.18. The monoisotopic (exact) mass is 250 g/mol. The zero-order valence-electron chi connectivity index (χ0n) is 10.7. The smallest absolute Gasteiger partial charge is 0.0686 e. The molecule has 0 amide bonds. The van der Waals surface area contributed by atoms with Crippen LogP contribution in [0.5, 0.6) is 0 Å². The van der Waals surface area contributed by atoms with Crippen LogP contribution >= 0.6 is 23.9 Å². The molecule has 0 fully saturated rings. The van der Waals surface area contributed by atoms with Gasteiger partial charge in [-0.1, -0.05) is 50.6 Å². The van der Waals surface area contributed by atoms with Crippen molar-refractivity contribution < 1.29 is 0 Å². The van der Waals surface area contributed by atoms with E-state index in [0.717, 1.165) is 5.08 Å². The topological polar surface area (TPSA) is 6.48 Å². The van der Waals surface area contributed by atoms with Crippen LogP contribution in [0, 0.1) is 0 Å². The number of unbranched alkanes of at least 4 members (excludes halogenated alkanes) is 2. The lowest BCUT2D eigenvalue weighted by atomic mass is 10.3. The van der Waals surface area contributed by atoms with Gasteiger partial charge in [-0.2, -0.15) is 0 Å². The minimum absolute atomic E-state index is 1.14. The second-order valence-corrected chi connectivity index (χ2v) is 6.49. The minimum atomic E-state index is 1.14. The highest BCUT2D eigenvalue weighted by Gasteiger charge is 2.01. The molecule has 15 heavy (non-hydrogen) atoms. The molecular weight excluding hydrogens is 224 g/mol. The fourth-order valence-electron chi connectivity index (χ4n) is 1.09. The first-order valence-corrected chi connectivity index (χ1v) is 7.77. The molecule has 0 aromatic heterocycles. The van der Waals surface area contributed by atoms with E-state index in [0.29, 0.717) is 0 Å². The molecule has 0 atom stereocenters. The van der Waals surface area contributed by atoms with Crippen molar-refractivity contribution in [1.29, 1.82) is 0 Å². The van der Waals surface area contributed by atoms with Gasteiger partial charge in [-0.15, -0.1) is 0 Å². The lowest BCUT2D eigenvalue weighted by Gasteiger charge is -2.18. The van der Waals surface area contributed by atoms with Crippen LogP contribution in [0.2, 0.25) is 0 Å². The zero-order chi connectivity index (χ0) is 11.5. The molecule has 0 spiro atoms. The Morgan fingerprint density at radius 3 is 1.53 bits per heavy atom. The summed E-state index contributed by atoms with van der Waals surface area (Å²) < 4.78 is 4.70. The molecule has 0 saturated carbocycles. The molecule has 0 aliphatic heterocycles. The van der Waals surface area contributed by atoms with E-state index < -0.39 is 0 Å². The van der Waals surface area contributed by atoms with Gasteiger partial charge >= 0.3 is 0 Å². The summed E-state index contributed by atoms with van der Waals surface area (Å²) in [7, 11) is 4.37. The van der Waals surface area contributed by atoms with E-state index in [9.17, 15) is 0 Å². The molecule has 0 aromatic carbocycles. The van der Waals surface area contributed by atoms with Crippen LogP contribution in [0.25, 0.3) is 0 Å². The van der Waals surface area contributed by atoms with Crippen LogP contribution in [0.3, 0.4) is 0 Å². The molecule has 0 aromatic rings. The Balaban J connectivity index is 3.27. The summed E-state index contributed by atoms with van der Waals surface area (Å²) in [6.07, 6.45) is 5.18. The van der Waals surface area contributed by atoms with Crippen molar-refractivity contribution in [1.82, 2.24) is 8.61 Å². The maximum atomic E-state index is 2.35. The van der Waals surface area contributed by atoms with Gasteiger partial charge in [-0.3, -0.25) is 8.61 Å². The summed E-state index contributed by atoms with van der Waals surface area (Å²) >= 11 is 3.87. The van der Waals surface area contributed by atoms with Gasteiger partial charge in [0.25, 0.3) is 0 Å². The number of rotatable bonds is 10. The third kappa shape index (κ3) is 10.9. The van der Waals surface area contributed by atoms with Gasteiger partial charge in [0.1, 0.15) is 0 Å². The SMILES string of the molecule is CCCCN(C)SCSN(C)CCCC. The van der Waals surface area contributed by atoms with Gasteiger partial charge in [0.05, 0.1) is 5.08 Å². The summed E-state index contributed by atoms with van der Waals surface area (Å²) in [6.45, 7) is 6.90. The lowest BCUT2D eigenvalue weighted by molar-refractivity contribution is 0.534. The molecule has 2 nitrogen and oxygen atoms in total. The second kappa shape index (κ2) is 11.1.